The number of rotatable bonds is 6. The van der Waals surface area contributed by atoms with Crippen LogP contribution in [0.4, 0.5) is 11.5 Å². The van der Waals surface area contributed by atoms with Crippen molar-refractivity contribution in [2.24, 2.45) is 0 Å². The Bertz CT molecular complexity index is 1080. The molecule has 0 radical (unpaired) electrons. The highest BCUT2D eigenvalue weighted by Gasteiger charge is 2.23. The van der Waals surface area contributed by atoms with E-state index in [-0.39, 0.29) is 12.0 Å². The summed E-state index contributed by atoms with van der Waals surface area (Å²) in [6, 6.07) is 11.8. The van der Waals surface area contributed by atoms with Gasteiger partial charge in [0.05, 0.1) is 0 Å². The minimum Gasteiger partial charge on any atom is -0.368 e. The third-order valence-corrected chi connectivity index (χ3v) is 5.73. The molecule has 1 atom stereocenters. The molecule has 2 aliphatic rings. The van der Waals surface area contributed by atoms with Gasteiger partial charge in [-0.25, -0.2) is 9.97 Å². The average Bonchev–Trinajstić information content (AvgIpc) is 3.50. The molecule has 0 saturated carbocycles. The Hall–Kier alpha value is -3.32. The zero-order chi connectivity index (χ0) is 21.0. The van der Waals surface area contributed by atoms with Gasteiger partial charge >= 0.3 is 0 Å². The van der Waals surface area contributed by atoms with Gasteiger partial charge in [0, 0.05) is 48.1 Å². The number of ether oxygens (including phenoxy) is 1. The van der Waals surface area contributed by atoms with Crippen molar-refractivity contribution in [2.45, 2.75) is 44.8 Å². The number of amides is 1. The quantitative estimate of drug-likeness (QED) is 0.637. The number of fused-ring (bicyclic) bond motifs is 1. The SMILES string of the molecule is O=C(Nc1cccc(CNc2nc(-c3cccnc3)nc3c2CCC3)c1)[C@H]1CCCO1. The van der Waals surface area contributed by atoms with E-state index in [1.807, 2.05) is 36.4 Å². The molecule has 0 bridgehead atoms. The number of carbonyl (C=O) groups is 1. The number of hydrogen-bond acceptors (Lipinski definition) is 6. The molecule has 1 aromatic carbocycles. The molecule has 2 aromatic heterocycles. The predicted octanol–water partition coefficient (Wildman–Crippen LogP) is 3.76. The van der Waals surface area contributed by atoms with Gasteiger partial charge in [-0.3, -0.25) is 9.78 Å². The van der Waals surface area contributed by atoms with Crippen molar-refractivity contribution in [3.8, 4) is 11.4 Å². The molecule has 7 heteroatoms. The van der Waals surface area contributed by atoms with Gasteiger partial charge in [-0.1, -0.05) is 12.1 Å². The van der Waals surface area contributed by atoms with E-state index in [0.29, 0.717) is 19.0 Å². The van der Waals surface area contributed by atoms with Crippen LogP contribution in [0.25, 0.3) is 11.4 Å². The van der Waals surface area contributed by atoms with Crippen LogP contribution in [0, 0.1) is 0 Å². The topological polar surface area (TPSA) is 89.0 Å². The molecule has 1 aliphatic carbocycles. The van der Waals surface area contributed by atoms with Gasteiger partial charge in [0.2, 0.25) is 0 Å². The number of aryl methyl sites for hydroxylation is 1. The maximum absolute atomic E-state index is 12.3. The number of aromatic nitrogens is 3. The lowest BCUT2D eigenvalue weighted by Crippen LogP contribution is -2.26. The zero-order valence-corrected chi connectivity index (χ0v) is 17.3. The maximum Gasteiger partial charge on any atom is 0.253 e. The average molecular weight is 415 g/mol. The Morgan fingerprint density at radius 3 is 2.94 bits per heavy atom. The van der Waals surface area contributed by atoms with Crippen molar-refractivity contribution in [1.29, 1.82) is 0 Å². The first-order valence-corrected chi connectivity index (χ1v) is 10.8. The lowest BCUT2D eigenvalue weighted by atomic mass is 10.1. The number of carbonyl (C=O) groups excluding carboxylic acids is 1. The Kier molecular flexibility index (Phi) is 5.58. The minimum atomic E-state index is -0.337. The summed E-state index contributed by atoms with van der Waals surface area (Å²) in [4.78, 5) is 26.1. The standard InChI is InChI=1S/C24H25N5O2/c30-24(21-10-4-12-31-21)27-18-7-1-5-16(13-18)14-26-23-19-8-2-9-20(19)28-22(29-23)17-6-3-11-25-15-17/h1,3,5-7,11,13,15,21H,2,4,8-10,12,14H2,(H,27,30)(H,26,28,29)/t21-/m1/s1. The van der Waals surface area contributed by atoms with Crippen LogP contribution in [0.5, 0.6) is 0 Å². The second-order valence-corrected chi connectivity index (χ2v) is 7.96. The predicted molar refractivity (Wildman–Crippen MR) is 119 cm³/mol. The first-order chi connectivity index (χ1) is 15.3. The Morgan fingerprint density at radius 1 is 1.13 bits per heavy atom. The zero-order valence-electron chi connectivity index (χ0n) is 17.3. The summed E-state index contributed by atoms with van der Waals surface area (Å²) in [6.07, 6.45) is 7.99. The fourth-order valence-electron chi connectivity index (χ4n) is 4.15. The van der Waals surface area contributed by atoms with Gasteiger partial charge < -0.3 is 15.4 Å². The molecule has 3 heterocycles. The number of nitrogens with zero attached hydrogens (tertiary/aromatic N) is 3. The van der Waals surface area contributed by atoms with Crippen molar-refractivity contribution < 1.29 is 9.53 Å². The summed E-state index contributed by atoms with van der Waals surface area (Å²) in [7, 11) is 0. The Balaban J connectivity index is 1.32. The van der Waals surface area contributed by atoms with Crippen LogP contribution in [0.3, 0.4) is 0 Å². The van der Waals surface area contributed by atoms with E-state index in [2.05, 4.69) is 15.6 Å². The van der Waals surface area contributed by atoms with E-state index in [4.69, 9.17) is 14.7 Å². The number of anilines is 2. The largest absolute Gasteiger partial charge is 0.368 e. The number of nitrogens with one attached hydrogen (secondary N) is 2. The summed E-state index contributed by atoms with van der Waals surface area (Å²) in [5, 5.41) is 6.47. The van der Waals surface area contributed by atoms with E-state index in [1.54, 1.807) is 12.4 Å². The van der Waals surface area contributed by atoms with Gasteiger partial charge in [-0.15, -0.1) is 0 Å². The van der Waals surface area contributed by atoms with Gasteiger partial charge in [-0.05, 0) is 61.9 Å². The monoisotopic (exact) mass is 415 g/mol. The van der Waals surface area contributed by atoms with Crippen LogP contribution in [0.15, 0.2) is 48.8 Å². The van der Waals surface area contributed by atoms with Gasteiger partial charge in [0.15, 0.2) is 5.82 Å². The van der Waals surface area contributed by atoms with Crippen LogP contribution in [-0.2, 0) is 28.9 Å². The summed E-state index contributed by atoms with van der Waals surface area (Å²) in [5.41, 5.74) is 5.09. The van der Waals surface area contributed by atoms with E-state index in [9.17, 15) is 4.79 Å². The summed E-state index contributed by atoms with van der Waals surface area (Å²) >= 11 is 0. The number of benzene rings is 1. The van der Waals surface area contributed by atoms with Crippen LogP contribution in [0.1, 0.15) is 36.1 Å². The second-order valence-electron chi connectivity index (χ2n) is 7.96. The highest BCUT2D eigenvalue weighted by molar-refractivity contribution is 5.94. The van der Waals surface area contributed by atoms with Crippen molar-refractivity contribution in [3.05, 3.63) is 65.6 Å². The highest BCUT2D eigenvalue weighted by Crippen LogP contribution is 2.29. The molecule has 2 N–H and O–H groups in total. The normalized spacial score (nSPS) is 17.4. The van der Waals surface area contributed by atoms with Crippen LogP contribution in [-0.4, -0.2) is 33.6 Å². The molecule has 0 unspecified atom stereocenters. The molecule has 1 aliphatic heterocycles. The molecule has 3 aromatic rings. The second kappa shape index (κ2) is 8.81. The van der Waals surface area contributed by atoms with E-state index < -0.39 is 0 Å². The number of hydrogen-bond donors (Lipinski definition) is 2. The van der Waals surface area contributed by atoms with E-state index >= 15 is 0 Å². The lowest BCUT2D eigenvalue weighted by molar-refractivity contribution is -0.124. The summed E-state index contributed by atoms with van der Waals surface area (Å²) < 4.78 is 5.47. The molecule has 158 valence electrons. The van der Waals surface area contributed by atoms with E-state index in [1.165, 1.54) is 5.56 Å². The molecule has 0 spiro atoms. The maximum atomic E-state index is 12.3. The molecule has 5 rings (SSSR count). The lowest BCUT2D eigenvalue weighted by Gasteiger charge is -2.14. The van der Waals surface area contributed by atoms with Crippen molar-refractivity contribution in [2.75, 3.05) is 17.2 Å². The molecule has 7 nitrogen and oxygen atoms in total. The highest BCUT2D eigenvalue weighted by atomic mass is 16.5. The Labute approximate surface area is 181 Å². The van der Waals surface area contributed by atoms with Crippen molar-refractivity contribution in [1.82, 2.24) is 15.0 Å². The fraction of sp³-hybridized carbons (Fsp3) is 0.333. The first-order valence-electron chi connectivity index (χ1n) is 10.8. The third-order valence-electron chi connectivity index (χ3n) is 5.73. The van der Waals surface area contributed by atoms with Gasteiger partial charge in [-0.2, -0.15) is 0 Å². The van der Waals surface area contributed by atoms with Gasteiger partial charge in [0.1, 0.15) is 11.9 Å². The smallest absolute Gasteiger partial charge is 0.253 e. The number of pyridine rings is 1. The van der Waals surface area contributed by atoms with Gasteiger partial charge in [0.25, 0.3) is 5.91 Å². The fourth-order valence-corrected chi connectivity index (χ4v) is 4.15. The van der Waals surface area contributed by atoms with Crippen LogP contribution in [0.2, 0.25) is 0 Å². The first kappa shape index (κ1) is 19.6. The van der Waals surface area contributed by atoms with Crippen LogP contribution >= 0.6 is 0 Å². The third kappa shape index (κ3) is 4.41. The molecule has 1 fully saturated rings. The van der Waals surface area contributed by atoms with E-state index in [0.717, 1.165) is 60.4 Å². The molecular formula is C24H25N5O2. The van der Waals surface area contributed by atoms with Crippen LogP contribution < -0.4 is 10.6 Å². The summed E-state index contributed by atoms with van der Waals surface area (Å²) in [5.74, 6) is 1.52. The molecule has 1 amide bonds. The Morgan fingerprint density at radius 2 is 2.10 bits per heavy atom. The van der Waals surface area contributed by atoms with Crippen molar-refractivity contribution >= 4 is 17.4 Å². The minimum absolute atomic E-state index is 0.0719. The molecule has 1 saturated heterocycles. The van der Waals surface area contributed by atoms with Crippen molar-refractivity contribution in [3.63, 3.8) is 0 Å². The summed E-state index contributed by atoms with van der Waals surface area (Å²) in [6.45, 7) is 1.27. The molecule has 31 heavy (non-hydrogen) atoms. The molecular weight excluding hydrogens is 390 g/mol.